The average Bonchev–Trinajstić information content (AvgIpc) is 3.28. The third-order valence-corrected chi connectivity index (χ3v) is 7.23. The zero-order valence-electron chi connectivity index (χ0n) is 19.6. The Morgan fingerprint density at radius 2 is 2.03 bits per heavy atom. The van der Waals surface area contributed by atoms with Crippen LogP contribution in [0, 0.1) is 0 Å². The zero-order chi connectivity index (χ0) is 25.0. The van der Waals surface area contributed by atoms with Gasteiger partial charge in [0.2, 0.25) is 5.91 Å². The van der Waals surface area contributed by atoms with Crippen LogP contribution in [-0.4, -0.2) is 35.7 Å². The van der Waals surface area contributed by atoms with Crippen molar-refractivity contribution in [1.29, 1.82) is 0 Å². The first-order valence-corrected chi connectivity index (χ1v) is 11.9. The Bertz CT molecular complexity index is 1410. The molecule has 1 unspecified atom stereocenters. The number of halogens is 1. The number of nitrogens with one attached hydrogen (secondary N) is 3. The second-order valence-electron chi connectivity index (χ2n) is 9.17. The van der Waals surface area contributed by atoms with E-state index in [-0.39, 0.29) is 23.9 Å². The number of nitrogens with zero attached hydrogens (tertiary/aromatic N) is 1. The van der Waals surface area contributed by atoms with Crippen LogP contribution in [0.25, 0.3) is 0 Å². The highest BCUT2D eigenvalue weighted by Crippen LogP contribution is 2.62. The minimum Gasteiger partial charge on any atom is -0.497 e. The highest BCUT2D eigenvalue weighted by molar-refractivity contribution is 6.33. The second-order valence-corrected chi connectivity index (χ2v) is 9.58. The third kappa shape index (κ3) is 3.76. The lowest BCUT2D eigenvalue weighted by molar-refractivity contribution is -0.116. The van der Waals surface area contributed by atoms with Crippen molar-refractivity contribution in [3.8, 4) is 23.0 Å². The first-order chi connectivity index (χ1) is 17.4. The summed E-state index contributed by atoms with van der Waals surface area (Å²) in [4.78, 5) is 28.6. The number of pyridine rings is 1. The van der Waals surface area contributed by atoms with Crippen LogP contribution >= 0.6 is 11.6 Å². The standard InChI is InChI=1S/C26H23ClN4O5/c1-26-22(23(26)31-25(33)29-18-6-3-13(34-2)12-17(18)27)16-11-14(4-7-20(16)36-26)35-19-9-10-28-24-15(19)5-8-21(32)30-24/h3-4,6-7,9-12,22-23H,5,8H2,1-2H3,(H,28,30,32)(H2,29,31,33)/t22-,23-,26?/m0/s1. The molecule has 2 aliphatic heterocycles. The second kappa shape index (κ2) is 8.30. The van der Waals surface area contributed by atoms with Crippen molar-refractivity contribution >= 4 is 35.0 Å². The number of urea groups is 1. The third-order valence-electron chi connectivity index (χ3n) is 6.92. The molecule has 184 valence electrons. The predicted molar refractivity (Wildman–Crippen MR) is 133 cm³/mol. The van der Waals surface area contributed by atoms with Gasteiger partial charge in [-0.2, -0.15) is 0 Å². The molecule has 36 heavy (non-hydrogen) atoms. The molecule has 3 aromatic rings. The van der Waals surface area contributed by atoms with Crippen molar-refractivity contribution in [3.63, 3.8) is 0 Å². The van der Waals surface area contributed by atoms with E-state index in [2.05, 4.69) is 20.9 Å². The number of benzene rings is 2. The van der Waals surface area contributed by atoms with Gasteiger partial charge in [-0.1, -0.05) is 11.6 Å². The van der Waals surface area contributed by atoms with Crippen LogP contribution < -0.4 is 30.2 Å². The Kier molecular flexibility index (Phi) is 5.19. The highest BCUT2D eigenvalue weighted by atomic mass is 35.5. The molecule has 10 heteroatoms. The summed E-state index contributed by atoms with van der Waals surface area (Å²) in [6.07, 6.45) is 2.57. The first kappa shape index (κ1) is 22.5. The Labute approximate surface area is 212 Å². The van der Waals surface area contributed by atoms with E-state index in [0.717, 1.165) is 16.9 Å². The Hall–Kier alpha value is -3.98. The molecule has 3 N–H and O–H groups in total. The maximum Gasteiger partial charge on any atom is 0.319 e. The molecule has 0 radical (unpaired) electrons. The van der Waals surface area contributed by atoms with E-state index in [0.29, 0.717) is 46.6 Å². The lowest BCUT2D eigenvalue weighted by Crippen LogP contribution is -2.37. The maximum atomic E-state index is 12.7. The number of carbonyl (C=O) groups excluding carboxylic acids is 2. The van der Waals surface area contributed by atoms with Crippen molar-refractivity contribution in [1.82, 2.24) is 10.3 Å². The van der Waals surface area contributed by atoms with Gasteiger partial charge in [-0.05, 0) is 49.7 Å². The fourth-order valence-corrected chi connectivity index (χ4v) is 5.22. The number of hydrogen-bond donors (Lipinski definition) is 3. The van der Waals surface area contributed by atoms with Gasteiger partial charge in [-0.15, -0.1) is 0 Å². The smallest absolute Gasteiger partial charge is 0.319 e. The molecule has 0 spiro atoms. The van der Waals surface area contributed by atoms with Gasteiger partial charge < -0.3 is 30.2 Å². The van der Waals surface area contributed by atoms with Gasteiger partial charge in [0, 0.05) is 29.8 Å². The monoisotopic (exact) mass is 506 g/mol. The summed E-state index contributed by atoms with van der Waals surface area (Å²) in [5, 5.41) is 8.96. The molecule has 1 fully saturated rings. The number of hydrogen-bond acceptors (Lipinski definition) is 6. The fraction of sp³-hybridized carbons (Fsp3) is 0.269. The molecule has 0 bridgehead atoms. The summed E-state index contributed by atoms with van der Waals surface area (Å²) in [6, 6.07) is 11.9. The number of aromatic nitrogens is 1. The number of anilines is 2. The van der Waals surface area contributed by atoms with Crippen LogP contribution in [-0.2, 0) is 11.2 Å². The quantitative estimate of drug-likeness (QED) is 0.456. The normalized spacial score (nSPS) is 22.8. The zero-order valence-corrected chi connectivity index (χ0v) is 20.3. The summed E-state index contributed by atoms with van der Waals surface area (Å²) in [5.41, 5.74) is 1.79. The van der Waals surface area contributed by atoms with Crippen molar-refractivity contribution < 1.29 is 23.8 Å². The van der Waals surface area contributed by atoms with E-state index >= 15 is 0 Å². The largest absolute Gasteiger partial charge is 0.497 e. The van der Waals surface area contributed by atoms with Crippen molar-refractivity contribution in [3.05, 3.63) is 64.8 Å². The number of amides is 3. The molecule has 3 aliphatic rings. The Morgan fingerprint density at radius 1 is 1.19 bits per heavy atom. The topological polar surface area (TPSA) is 111 Å². The van der Waals surface area contributed by atoms with E-state index in [1.165, 1.54) is 0 Å². The summed E-state index contributed by atoms with van der Waals surface area (Å²) >= 11 is 6.24. The molecule has 6 rings (SSSR count). The fourth-order valence-electron chi connectivity index (χ4n) is 5.00. The van der Waals surface area contributed by atoms with Gasteiger partial charge in [0.15, 0.2) is 0 Å². The van der Waals surface area contributed by atoms with Crippen molar-refractivity contribution in [2.45, 2.75) is 37.3 Å². The summed E-state index contributed by atoms with van der Waals surface area (Å²) < 4.78 is 17.5. The van der Waals surface area contributed by atoms with E-state index in [1.54, 1.807) is 37.6 Å². The molecule has 9 nitrogen and oxygen atoms in total. The van der Waals surface area contributed by atoms with Gasteiger partial charge in [0.05, 0.1) is 29.8 Å². The number of fused-ring (bicyclic) bond motifs is 4. The minimum absolute atomic E-state index is 0.0150. The van der Waals surface area contributed by atoms with E-state index in [4.69, 9.17) is 25.8 Å². The molecule has 1 saturated carbocycles. The number of ether oxygens (including phenoxy) is 3. The van der Waals surface area contributed by atoms with Gasteiger partial charge in [-0.25, -0.2) is 9.78 Å². The molecule has 3 heterocycles. The molecule has 0 saturated heterocycles. The molecule has 2 aromatic carbocycles. The SMILES string of the molecule is COc1ccc(NC(=O)N[C@H]2[C@@H]3c4cc(Oc5ccnc6c5CCC(=O)N6)ccc4OC23C)c(Cl)c1. The highest BCUT2D eigenvalue weighted by Gasteiger charge is 2.70. The van der Waals surface area contributed by atoms with E-state index < -0.39 is 5.60 Å². The first-order valence-electron chi connectivity index (χ1n) is 11.6. The summed E-state index contributed by atoms with van der Waals surface area (Å²) in [5.74, 6) is 3.15. The molecular formula is C26H23ClN4O5. The van der Waals surface area contributed by atoms with Crippen LogP contribution in [0.5, 0.6) is 23.0 Å². The molecule has 3 amide bonds. The summed E-state index contributed by atoms with van der Waals surface area (Å²) in [6.45, 7) is 1.98. The lowest BCUT2D eigenvalue weighted by atomic mass is 10.1. The number of carbonyl (C=O) groups is 2. The summed E-state index contributed by atoms with van der Waals surface area (Å²) in [7, 11) is 1.55. The van der Waals surface area contributed by atoms with Crippen molar-refractivity contribution in [2.24, 2.45) is 0 Å². The Balaban J connectivity index is 1.17. The average molecular weight is 507 g/mol. The lowest BCUT2D eigenvalue weighted by Gasteiger charge is -2.19. The van der Waals surface area contributed by atoms with Crippen LogP contribution in [0.4, 0.5) is 16.3 Å². The van der Waals surface area contributed by atoms with Crippen LogP contribution in [0.1, 0.15) is 30.4 Å². The minimum atomic E-state index is -0.540. The van der Waals surface area contributed by atoms with Gasteiger partial charge in [0.25, 0.3) is 0 Å². The van der Waals surface area contributed by atoms with Gasteiger partial charge in [-0.3, -0.25) is 4.79 Å². The van der Waals surface area contributed by atoms with Gasteiger partial charge in [0.1, 0.15) is 34.4 Å². The van der Waals surface area contributed by atoms with Crippen molar-refractivity contribution in [2.75, 3.05) is 17.7 Å². The van der Waals surface area contributed by atoms with Crippen LogP contribution in [0.2, 0.25) is 5.02 Å². The van der Waals surface area contributed by atoms with Crippen LogP contribution in [0.3, 0.4) is 0 Å². The molecular weight excluding hydrogens is 484 g/mol. The number of rotatable bonds is 5. The molecule has 1 aromatic heterocycles. The Morgan fingerprint density at radius 3 is 2.83 bits per heavy atom. The van der Waals surface area contributed by atoms with E-state index in [9.17, 15) is 9.59 Å². The number of methoxy groups -OCH3 is 1. The predicted octanol–water partition coefficient (Wildman–Crippen LogP) is 4.86. The maximum absolute atomic E-state index is 12.7. The van der Waals surface area contributed by atoms with Crippen LogP contribution in [0.15, 0.2) is 48.7 Å². The van der Waals surface area contributed by atoms with E-state index in [1.807, 2.05) is 25.1 Å². The molecule has 1 aliphatic carbocycles. The van der Waals surface area contributed by atoms with Gasteiger partial charge >= 0.3 is 6.03 Å². The molecule has 3 atom stereocenters.